The number of carbonyl (C=O) groups is 1. The van der Waals surface area contributed by atoms with Gasteiger partial charge in [0.1, 0.15) is 11.9 Å². The largest absolute Gasteiger partial charge is 0.341 e. The number of aromatic nitrogens is 4. The Hall–Kier alpha value is -2.64. The first-order chi connectivity index (χ1) is 16.4. The lowest BCUT2D eigenvalue weighted by molar-refractivity contribution is -0.132. The number of likely N-dealkylation sites (N-methyl/N-ethyl adjacent to an activating group) is 1. The summed E-state index contributed by atoms with van der Waals surface area (Å²) in [6, 6.07) is 1.98. The van der Waals surface area contributed by atoms with E-state index in [1.54, 1.807) is 0 Å². The van der Waals surface area contributed by atoms with E-state index in [0.717, 1.165) is 69.1 Å². The number of rotatable bonds is 7. The molecule has 1 saturated carbocycles. The highest BCUT2D eigenvalue weighted by molar-refractivity contribution is 5.85. The van der Waals surface area contributed by atoms with Crippen molar-refractivity contribution in [2.24, 2.45) is 5.41 Å². The summed E-state index contributed by atoms with van der Waals surface area (Å²) in [6.07, 6.45) is 8.54. The first kappa shape index (κ1) is 23.1. The first-order valence-electron chi connectivity index (χ1n) is 13.2. The summed E-state index contributed by atoms with van der Waals surface area (Å²) in [6.45, 7) is 11.1. The van der Waals surface area contributed by atoms with Crippen molar-refractivity contribution in [3.05, 3.63) is 23.0 Å². The molecule has 34 heavy (non-hydrogen) atoms. The van der Waals surface area contributed by atoms with Crippen LogP contribution in [0.1, 0.15) is 89.1 Å². The minimum Gasteiger partial charge on any atom is -0.341 e. The molecule has 8 nitrogen and oxygen atoms in total. The Morgan fingerprint density at radius 2 is 2.03 bits per heavy atom. The number of anilines is 3. The molecule has 0 bridgehead atoms. The van der Waals surface area contributed by atoms with Gasteiger partial charge in [0, 0.05) is 42.9 Å². The van der Waals surface area contributed by atoms with Gasteiger partial charge in [0.2, 0.25) is 11.9 Å². The Kier molecular flexibility index (Phi) is 6.25. The van der Waals surface area contributed by atoms with Crippen molar-refractivity contribution in [3.8, 4) is 0 Å². The van der Waals surface area contributed by atoms with Crippen LogP contribution >= 0.6 is 0 Å². The number of H-pyrrole nitrogens is 1. The van der Waals surface area contributed by atoms with E-state index in [0.29, 0.717) is 17.3 Å². The van der Waals surface area contributed by atoms with E-state index >= 15 is 0 Å². The molecule has 2 aromatic heterocycles. The predicted octanol–water partition coefficient (Wildman–Crippen LogP) is 4.56. The zero-order chi connectivity index (χ0) is 23.9. The van der Waals surface area contributed by atoms with Gasteiger partial charge in [-0.05, 0) is 70.6 Å². The second-order valence-electron chi connectivity index (χ2n) is 11.0. The van der Waals surface area contributed by atoms with E-state index in [1.165, 1.54) is 30.5 Å². The summed E-state index contributed by atoms with van der Waals surface area (Å²) < 4.78 is 0. The molecule has 0 spiro atoms. The minimum atomic E-state index is -0.171. The van der Waals surface area contributed by atoms with Crippen LogP contribution in [-0.4, -0.2) is 56.6 Å². The van der Waals surface area contributed by atoms with Crippen molar-refractivity contribution in [1.82, 2.24) is 25.1 Å². The number of hydrogen-bond acceptors (Lipinski definition) is 6. The third kappa shape index (κ3) is 4.39. The molecule has 3 heterocycles. The topological polar surface area (TPSA) is 90.0 Å². The molecule has 8 heteroatoms. The van der Waals surface area contributed by atoms with Crippen LogP contribution in [0.3, 0.4) is 0 Å². The summed E-state index contributed by atoms with van der Waals surface area (Å²) in [5.41, 5.74) is 3.92. The smallest absolute Gasteiger partial charge is 0.245 e. The molecule has 3 aliphatic rings. The fourth-order valence-electron chi connectivity index (χ4n) is 6.09. The second kappa shape index (κ2) is 9.19. The lowest BCUT2D eigenvalue weighted by Gasteiger charge is -2.29. The highest BCUT2D eigenvalue weighted by Crippen LogP contribution is 2.45. The highest BCUT2D eigenvalue weighted by atomic mass is 16.2. The summed E-state index contributed by atoms with van der Waals surface area (Å²) >= 11 is 0. The number of aromatic amines is 1. The molecule has 2 N–H and O–H groups in total. The van der Waals surface area contributed by atoms with Gasteiger partial charge in [-0.3, -0.25) is 9.89 Å². The highest BCUT2D eigenvalue weighted by Gasteiger charge is 2.36. The van der Waals surface area contributed by atoms with Gasteiger partial charge < -0.3 is 15.1 Å². The Labute approximate surface area is 202 Å². The SMILES string of the molecule is CCN(CC)C(=O)[C@H]1CCCN1c1nc2c(c(Nc3cc([C@H]4CCC(C)(C)C4)[nH]n3)n1)CCC2. The first-order valence-corrected chi connectivity index (χ1v) is 13.2. The molecule has 1 saturated heterocycles. The van der Waals surface area contributed by atoms with Crippen molar-refractivity contribution in [3.63, 3.8) is 0 Å². The monoisotopic (exact) mass is 465 g/mol. The van der Waals surface area contributed by atoms with E-state index in [1.807, 2.05) is 18.7 Å². The Morgan fingerprint density at radius 3 is 2.76 bits per heavy atom. The molecule has 0 aromatic carbocycles. The van der Waals surface area contributed by atoms with Crippen molar-refractivity contribution >= 4 is 23.5 Å². The molecule has 5 rings (SSSR count). The van der Waals surface area contributed by atoms with Crippen molar-refractivity contribution in [1.29, 1.82) is 0 Å². The molecule has 2 atom stereocenters. The normalized spacial score (nSPS) is 23.4. The maximum atomic E-state index is 13.2. The predicted molar refractivity (Wildman–Crippen MR) is 135 cm³/mol. The van der Waals surface area contributed by atoms with Crippen LogP contribution in [0.25, 0.3) is 0 Å². The Balaban J connectivity index is 1.39. The van der Waals surface area contributed by atoms with Crippen LogP contribution in [-0.2, 0) is 17.6 Å². The lowest BCUT2D eigenvalue weighted by Crippen LogP contribution is -2.46. The molecule has 0 radical (unpaired) electrons. The molecular weight excluding hydrogens is 426 g/mol. The third-order valence-electron chi connectivity index (χ3n) is 8.04. The third-order valence-corrected chi connectivity index (χ3v) is 8.04. The van der Waals surface area contributed by atoms with Crippen LogP contribution < -0.4 is 10.2 Å². The summed E-state index contributed by atoms with van der Waals surface area (Å²) in [7, 11) is 0. The maximum absolute atomic E-state index is 13.2. The Morgan fingerprint density at radius 1 is 1.21 bits per heavy atom. The van der Waals surface area contributed by atoms with Gasteiger partial charge in [0.25, 0.3) is 0 Å². The maximum Gasteiger partial charge on any atom is 0.245 e. The quantitative estimate of drug-likeness (QED) is 0.623. The van der Waals surface area contributed by atoms with Crippen molar-refractivity contribution in [2.45, 2.75) is 91.0 Å². The number of aryl methyl sites for hydroxylation is 1. The molecule has 0 unspecified atom stereocenters. The van der Waals surface area contributed by atoms with Crippen LogP contribution in [0.5, 0.6) is 0 Å². The van der Waals surface area contributed by atoms with Gasteiger partial charge in [-0.25, -0.2) is 4.98 Å². The van der Waals surface area contributed by atoms with Gasteiger partial charge in [0.15, 0.2) is 5.82 Å². The number of nitrogens with one attached hydrogen (secondary N) is 2. The number of nitrogens with zero attached hydrogens (tertiary/aromatic N) is 5. The van der Waals surface area contributed by atoms with Gasteiger partial charge in [-0.15, -0.1) is 0 Å². The summed E-state index contributed by atoms with van der Waals surface area (Å²) in [5, 5.41) is 11.4. The van der Waals surface area contributed by atoms with Crippen LogP contribution in [0, 0.1) is 5.41 Å². The van der Waals surface area contributed by atoms with E-state index in [-0.39, 0.29) is 11.9 Å². The molecule has 2 aromatic rings. The summed E-state index contributed by atoms with van der Waals surface area (Å²) in [5.74, 6) is 3.08. The zero-order valence-electron chi connectivity index (χ0n) is 21.2. The van der Waals surface area contributed by atoms with Gasteiger partial charge >= 0.3 is 0 Å². The fraction of sp³-hybridized carbons (Fsp3) is 0.692. The van der Waals surface area contributed by atoms with E-state index in [2.05, 4.69) is 40.3 Å². The molecule has 2 aliphatic carbocycles. The molecule has 1 amide bonds. The fourth-order valence-corrected chi connectivity index (χ4v) is 6.09. The standard InChI is InChI=1S/C26H39N7O/c1-5-32(6-2)24(34)21-11-8-14-33(21)25-27-19-10-7-9-18(19)23(29-25)28-22-15-20(30-31-22)17-12-13-26(3,4)16-17/h15,17,21H,5-14,16H2,1-4H3,(H2,27,28,29,30,31)/t17-,21+/m0/s1. The molecule has 1 aliphatic heterocycles. The van der Waals surface area contributed by atoms with Crippen molar-refractivity contribution < 1.29 is 4.79 Å². The van der Waals surface area contributed by atoms with Crippen LogP contribution in [0.15, 0.2) is 6.07 Å². The molecule has 184 valence electrons. The number of amides is 1. The summed E-state index contributed by atoms with van der Waals surface area (Å²) in [4.78, 5) is 27.1. The van der Waals surface area contributed by atoms with Gasteiger partial charge in [0.05, 0.1) is 5.69 Å². The molecular formula is C26H39N7O. The van der Waals surface area contributed by atoms with Gasteiger partial charge in [-0.1, -0.05) is 13.8 Å². The average Bonchev–Trinajstić information content (AvgIpc) is 3.60. The minimum absolute atomic E-state index is 0.171. The zero-order valence-corrected chi connectivity index (χ0v) is 21.2. The van der Waals surface area contributed by atoms with E-state index in [4.69, 9.17) is 9.97 Å². The molecule has 2 fully saturated rings. The van der Waals surface area contributed by atoms with Crippen molar-refractivity contribution in [2.75, 3.05) is 29.9 Å². The number of hydrogen-bond donors (Lipinski definition) is 2. The average molecular weight is 466 g/mol. The lowest BCUT2D eigenvalue weighted by atomic mass is 9.90. The van der Waals surface area contributed by atoms with Gasteiger partial charge in [-0.2, -0.15) is 10.1 Å². The van der Waals surface area contributed by atoms with Crippen LogP contribution in [0.4, 0.5) is 17.6 Å². The Bertz CT molecular complexity index is 1040. The number of carbonyl (C=O) groups excluding carboxylic acids is 1. The second-order valence-corrected chi connectivity index (χ2v) is 11.0. The van der Waals surface area contributed by atoms with E-state index < -0.39 is 0 Å². The number of fused-ring (bicyclic) bond motifs is 1. The van der Waals surface area contributed by atoms with Crippen LogP contribution in [0.2, 0.25) is 0 Å². The van der Waals surface area contributed by atoms with E-state index in [9.17, 15) is 4.79 Å².